The standard InChI is InChI=1S/C22H34N2O3/c1-15(2)17-6-8-18(9-7-17)21(16(3)4)23-20(25)14-24-12-10-19(11-13-24)22(26)27-5/h6-9,15-16,19,21H,10-14H2,1-5H3,(H,23,25)/p+1/t21-/m0/s1. The highest BCUT2D eigenvalue weighted by molar-refractivity contribution is 5.77. The predicted molar refractivity (Wildman–Crippen MR) is 107 cm³/mol. The maximum Gasteiger partial charge on any atom is 0.309 e. The molecular formula is C22H35N2O3+. The Morgan fingerprint density at radius 1 is 1.07 bits per heavy atom. The summed E-state index contributed by atoms with van der Waals surface area (Å²) in [4.78, 5) is 25.5. The number of nitrogens with one attached hydrogen (secondary N) is 2. The van der Waals surface area contributed by atoms with Crippen molar-refractivity contribution in [3.8, 4) is 0 Å². The lowest BCUT2D eigenvalue weighted by atomic mass is 9.93. The van der Waals surface area contributed by atoms with Crippen LogP contribution in [0.4, 0.5) is 0 Å². The molecule has 0 radical (unpaired) electrons. The third-order valence-electron chi connectivity index (χ3n) is 5.58. The van der Waals surface area contributed by atoms with Crippen LogP contribution in [0.15, 0.2) is 24.3 Å². The molecule has 1 saturated heterocycles. The first-order valence-electron chi connectivity index (χ1n) is 10.1. The largest absolute Gasteiger partial charge is 0.469 e. The summed E-state index contributed by atoms with van der Waals surface area (Å²) in [7, 11) is 1.44. The quantitative estimate of drug-likeness (QED) is 0.718. The van der Waals surface area contributed by atoms with Crippen molar-refractivity contribution < 1.29 is 19.2 Å². The first kappa shape index (κ1) is 21.4. The van der Waals surface area contributed by atoms with Gasteiger partial charge in [0.15, 0.2) is 6.54 Å². The van der Waals surface area contributed by atoms with Gasteiger partial charge in [0.05, 0.1) is 32.2 Å². The number of methoxy groups -OCH3 is 1. The lowest BCUT2D eigenvalue weighted by molar-refractivity contribution is -0.897. The second-order valence-corrected chi connectivity index (χ2v) is 8.33. The summed E-state index contributed by atoms with van der Waals surface area (Å²) in [5.41, 5.74) is 2.47. The first-order valence-corrected chi connectivity index (χ1v) is 10.1. The van der Waals surface area contributed by atoms with E-state index in [-0.39, 0.29) is 23.8 Å². The summed E-state index contributed by atoms with van der Waals surface area (Å²) in [6, 6.07) is 8.60. The fraction of sp³-hybridized carbons (Fsp3) is 0.636. The molecular weight excluding hydrogens is 340 g/mol. The Morgan fingerprint density at radius 2 is 1.63 bits per heavy atom. The van der Waals surface area contributed by atoms with Crippen LogP contribution in [0, 0.1) is 11.8 Å². The number of ether oxygens (including phenoxy) is 1. The van der Waals surface area contributed by atoms with Gasteiger partial charge >= 0.3 is 5.97 Å². The fourth-order valence-electron chi connectivity index (χ4n) is 3.78. The Kier molecular flexibility index (Phi) is 7.84. The first-order chi connectivity index (χ1) is 12.8. The van der Waals surface area contributed by atoms with E-state index in [0.29, 0.717) is 18.4 Å². The second-order valence-electron chi connectivity index (χ2n) is 8.33. The SMILES string of the molecule is COC(=O)C1CC[NH+](CC(=O)N[C@H](c2ccc(C(C)C)cc2)C(C)C)CC1. The van der Waals surface area contributed by atoms with Gasteiger partial charge in [-0.2, -0.15) is 0 Å². The molecule has 2 N–H and O–H groups in total. The maximum atomic E-state index is 12.6. The monoisotopic (exact) mass is 375 g/mol. The van der Waals surface area contributed by atoms with Gasteiger partial charge in [0.25, 0.3) is 5.91 Å². The normalized spacial score (nSPS) is 21.1. The van der Waals surface area contributed by atoms with Crippen molar-refractivity contribution >= 4 is 11.9 Å². The van der Waals surface area contributed by atoms with Crippen molar-refractivity contribution in [2.24, 2.45) is 11.8 Å². The van der Waals surface area contributed by atoms with E-state index in [9.17, 15) is 9.59 Å². The van der Waals surface area contributed by atoms with E-state index in [1.54, 1.807) is 0 Å². The molecule has 1 aliphatic rings. The van der Waals surface area contributed by atoms with E-state index in [2.05, 4.69) is 57.3 Å². The zero-order chi connectivity index (χ0) is 20.0. The smallest absolute Gasteiger partial charge is 0.309 e. The van der Waals surface area contributed by atoms with Crippen LogP contribution in [0.5, 0.6) is 0 Å². The Bertz CT molecular complexity index is 617. The van der Waals surface area contributed by atoms with E-state index < -0.39 is 0 Å². The summed E-state index contributed by atoms with van der Waals surface area (Å²) in [5.74, 6) is 0.766. The summed E-state index contributed by atoms with van der Waals surface area (Å²) in [5, 5.41) is 3.22. The Morgan fingerprint density at radius 3 is 2.11 bits per heavy atom. The number of hydrogen-bond donors (Lipinski definition) is 2. The van der Waals surface area contributed by atoms with Crippen LogP contribution in [-0.2, 0) is 14.3 Å². The minimum Gasteiger partial charge on any atom is -0.469 e. The van der Waals surface area contributed by atoms with Gasteiger partial charge in [0.2, 0.25) is 0 Å². The number of esters is 1. The molecule has 0 bridgehead atoms. The molecule has 0 aromatic heterocycles. The minimum absolute atomic E-state index is 0.00954. The highest BCUT2D eigenvalue weighted by Gasteiger charge is 2.29. The average molecular weight is 376 g/mol. The minimum atomic E-state index is -0.122. The van der Waals surface area contributed by atoms with Crippen molar-refractivity contribution in [3.05, 3.63) is 35.4 Å². The molecule has 1 heterocycles. The van der Waals surface area contributed by atoms with Crippen LogP contribution in [-0.4, -0.2) is 38.6 Å². The van der Waals surface area contributed by atoms with Crippen molar-refractivity contribution in [1.29, 1.82) is 0 Å². The van der Waals surface area contributed by atoms with Crippen LogP contribution in [0.3, 0.4) is 0 Å². The third-order valence-corrected chi connectivity index (χ3v) is 5.58. The van der Waals surface area contributed by atoms with Crippen LogP contribution < -0.4 is 10.2 Å². The molecule has 0 unspecified atom stereocenters. The second kappa shape index (κ2) is 9.88. The topological polar surface area (TPSA) is 59.8 Å². The summed E-state index contributed by atoms with van der Waals surface area (Å²) >= 11 is 0. The summed E-state index contributed by atoms with van der Waals surface area (Å²) in [6.45, 7) is 10.8. The molecule has 27 heavy (non-hydrogen) atoms. The number of benzene rings is 1. The van der Waals surface area contributed by atoms with Gasteiger partial charge in [-0.1, -0.05) is 52.0 Å². The van der Waals surface area contributed by atoms with Crippen molar-refractivity contribution in [2.45, 2.75) is 52.5 Å². The van der Waals surface area contributed by atoms with Gasteiger partial charge in [0, 0.05) is 12.8 Å². The highest BCUT2D eigenvalue weighted by Crippen LogP contribution is 2.24. The summed E-state index contributed by atoms with van der Waals surface area (Å²) in [6.07, 6.45) is 1.58. The number of likely N-dealkylation sites (tertiary alicyclic amines) is 1. The van der Waals surface area contributed by atoms with E-state index in [1.807, 2.05) is 0 Å². The van der Waals surface area contributed by atoms with Gasteiger partial charge in [-0.05, 0) is 23.0 Å². The van der Waals surface area contributed by atoms with E-state index in [4.69, 9.17) is 4.74 Å². The molecule has 150 valence electrons. The lowest BCUT2D eigenvalue weighted by Gasteiger charge is -2.29. The molecule has 0 spiro atoms. The van der Waals surface area contributed by atoms with Crippen molar-refractivity contribution in [3.63, 3.8) is 0 Å². The van der Waals surface area contributed by atoms with Crippen LogP contribution in [0.2, 0.25) is 0 Å². The molecule has 1 amide bonds. The van der Waals surface area contributed by atoms with E-state index in [1.165, 1.54) is 17.6 Å². The lowest BCUT2D eigenvalue weighted by Crippen LogP contribution is -3.14. The Labute approximate surface area is 163 Å². The predicted octanol–water partition coefficient (Wildman–Crippen LogP) is 2.09. The molecule has 5 nitrogen and oxygen atoms in total. The third kappa shape index (κ3) is 6.06. The zero-order valence-corrected chi connectivity index (χ0v) is 17.4. The van der Waals surface area contributed by atoms with Crippen LogP contribution >= 0.6 is 0 Å². The fourth-order valence-corrected chi connectivity index (χ4v) is 3.78. The molecule has 1 aliphatic heterocycles. The van der Waals surface area contributed by atoms with Gasteiger partial charge in [0.1, 0.15) is 0 Å². The molecule has 1 aromatic rings. The van der Waals surface area contributed by atoms with Gasteiger partial charge in [-0.15, -0.1) is 0 Å². The average Bonchev–Trinajstić information content (AvgIpc) is 2.66. The highest BCUT2D eigenvalue weighted by atomic mass is 16.5. The van der Waals surface area contributed by atoms with Crippen molar-refractivity contribution in [1.82, 2.24) is 5.32 Å². The number of piperidine rings is 1. The summed E-state index contributed by atoms with van der Waals surface area (Å²) < 4.78 is 4.83. The molecule has 0 saturated carbocycles. The number of carbonyl (C=O) groups is 2. The zero-order valence-electron chi connectivity index (χ0n) is 17.4. The van der Waals surface area contributed by atoms with Crippen LogP contribution in [0.1, 0.15) is 63.6 Å². The Balaban J connectivity index is 1.91. The molecule has 1 atom stereocenters. The molecule has 0 aliphatic carbocycles. The van der Waals surface area contributed by atoms with Crippen molar-refractivity contribution in [2.75, 3.05) is 26.7 Å². The van der Waals surface area contributed by atoms with Gasteiger partial charge in [-0.25, -0.2) is 0 Å². The number of carbonyl (C=O) groups excluding carboxylic acids is 2. The molecule has 2 rings (SSSR count). The number of rotatable bonds is 7. The number of hydrogen-bond acceptors (Lipinski definition) is 3. The van der Waals surface area contributed by atoms with E-state index in [0.717, 1.165) is 31.5 Å². The van der Waals surface area contributed by atoms with Crippen LogP contribution in [0.25, 0.3) is 0 Å². The molecule has 1 aromatic carbocycles. The molecule has 5 heteroatoms. The molecule has 1 fully saturated rings. The van der Waals surface area contributed by atoms with Gasteiger partial charge in [-0.3, -0.25) is 9.59 Å². The number of quaternary nitrogens is 1. The Hall–Kier alpha value is -1.88. The number of amides is 1. The van der Waals surface area contributed by atoms with Gasteiger partial charge < -0.3 is 15.0 Å². The maximum absolute atomic E-state index is 12.6. The van der Waals surface area contributed by atoms with E-state index >= 15 is 0 Å².